The molecule has 0 saturated carbocycles. The standard InChI is InChI=1S/C20H16BrFN2O3/c21-15-4-8-17(9-5-15)27-19-10-3-14(11-23-19)20(26)24-12-18(25)13-1-6-16(22)7-2-13/h1-11,18,25H,12H2,(H,24,26). The minimum Gasteiger partial charge on any atom is -0.439 e. The van der Waals surface area contributed by atoms with Gasteiger partial charge in [-0.1, -0.05) is 28.1 Å². The van der Waals surface area contributed by atoms with E-state index in [9.17, 15) is 14.3 Å². The van der Waals surface area contributed by atoms with Gasteiger partial charge >= 0.3 is 0 Å². The maximum absolute atomic E-state index is 12.9. The van der Waals surface area contributed by atoms with Crippen molar-refractivity contribution in [1.29, 1.82) is 0 Å². The summed E-state index contributed by atoms with van der Waals surface area (Å²) in [6.07, 6.45) is 0.468. The molecule has 0 aliphatic carbocycles. The minimum atomic E-state index is -0.928. The number of rotatable bonds is 6. The minimum absolute atomic E-state index is 0.00160. The number of hydrogen-bond acceptors (Lipinski definition) is 4. The summed E-state index contributed by atoms with van der Waals surface area (Å²) in [5.41, 5.74) is 0.859. The van der Waals surface area contributed by atoms with Crippen molar-refractivity contribution in [3.05, 3.63) is 88.3 Å². The molecule has 2 aromatic carbocycles. The number of carbonyl (C=O) groups is 1. The van der Waals surface area contributed by atoms with Crippen LogP contribution in [-0.2, 0) is 0 Å². The molecular formula is C20H16BrFN2O3. The van der Waals surface area contributed by atoms with Crippen LogP contribution < -0.4 is 10.1 Å². The van der Waals surface area contributed by atoms with Gasteiger partial charge in [0.15, 0.2) is 0 Å². The molecule has 7 heteroatoms. The molecule has 1 amide bonds. The number of aromatic nitrogens is 1. The summed E-state index contributed by atoms with van der Waals surface area (Å²) in [6.45, 7) is 0.00160. The van der Waals surface area contributed by atoms with Crippen LogP contribution in [0.2, 0.25) is 0 Å². The molecule has 1 atom stereocenters. The lowest BCUT2D eigenvalue weighted by atomic mass is 10.1. The summed E-state index contributed by atoms with van der Waals surface area (Å²) in [7, 11) is 0. The van der Waals surface area contributed by atoms with Gasteiger partial charge in [0.25, 0.3) is 5.91 Å². The highest BCUT2D eigenvalue weighted by atomic mass is 79.9. The van der Waals surface area contributed by atoms with E-state index in [2.05, 4.69) is 26.2 Å². The van der Waals surface area contributed by atoms with Crippen LogP contribution in [0.1, 0.15) is 22.0 Å². The lowest BCUT2D eigenvalue weighted by molar-refractivity contribution is 0.0916. The van der Waals surface area contributed by atoms with E-state index in [1.54, 1.807) is 24.3 Å². The van der Waals surface area contributed by atoms with E-state index in [0.29, 0.717) is 22.8 Å². The number of nitrogens with zero attached hydrogens (tertiary/aromatic N) is 1. The first-order chi connectivity index (χ1) is 13.0. The second kappa shape index (κ2) is 8.75. The van der Waals surface area contributed by atoms with Crippen molar-refractivity contribution >= 4 is 21.8 Å². The molecule has 0 saturated heterocycles. The summed E-state index contributed by atoms with van der Waals surface area (Å²) in [6, 6.07) is 15.9. The lowest BCUT2D eigenvalue weighted by Crippen LogP contribution is -2.28. The van der Waals surface area contributed by atoms with Gasteiger partial charge in [-0.2, -0.15) is 0 Å². The molecule has 1 aromatic heterocycles. The Labute approximate surface area is 164 Å². The van der Waals surface area contributed by atoms with Crippen LogP contribution in [0.15, 0.2) is 71.3 Å². The maximum Gasteiger partial charge on any atom is 0.252 e. The van der Waals surface area contributed by atoms with Crippen LogP contribution in [0.5, 0.6) is 11.6 Å². The number of aliphatic hydroxyl groups excluding tert-OH is 1. The molecule has 0 spiro atoms. The number of ether oxygens (including phenoxy) is 1. The normalized spacial score (nSPS) is 11.7. The smallest absolute Gasteiger partial charge is 0.252 e. The van der Waals surface area contributed by atoms with Gasteiger partial charge in [-0.3, -0.25) is 4.79 Å². The first kappa shape index (κ1) is 19.0. The molecule has 0 aliphatic heterocycles. The third-order valence-electron chi connectivity index (χ3n) is 3.75. The van der Waals surface area contributed by atoms with E-state index in [-0.39, 0.29) is 18.3 Å². The van der Waals surface area contributed by atoms with E-state index in [4.69, 9.17) is 4.74 Å². The monoisotopic (exact) mass is 430 g/mol. The summed E-state index contributed by atoms with van der Waals surface area (Å²) in [5.74, 6) is 0.232. The Morgan fingerprint density at radius 3 is 2.44 bits per heavy atom. The predicted octanol–water partition coefficient (Wildman–Crippen LogP) is 4.24. The van der Waals surface area contributed by atoms with E-state index < -0.39 is 6.10 Å². The SMILES string of the molecule is O=C(NCC(O)c1ccc(F)cc1)c1ccc(Oc2ccc(Br)cc2)nc1. The molecule has 0 radical (unpaired) electrons. The third-order valence-corrected chi connectivity index (χ3v) is 4.27. The zero-order chi connectivity index (χ0) is 19.2. The fourth-order valence-electron chi connectivity index (χ4n) is 2.29. The average Bonchev–Trinajstić information content (AvgIpc) is 2.69. The predicted molar refractivity (Wildman–Crippen MR) is 102 cm³/mol. The summed E-state index contributed by atoms with van der Waals surface area (Å²) in [5, 5.41) is 12.7. The van der Waals surface area contributed by atoms with Crippen LogP contribution in [0.25, 0.3) is 0 Å². The lowest BCUT2D eigenvalue weighted by Gasteiger charge is -2.12. The molecule has 5 nitrogen and oxygen atoms in total. The fraction of sp³-hybridized carbons (Fsp3) is 0.100. The summed E-state index contributed by atoms with van der Waals surface area (Å²) >= 11 is 3.35. The largest absolute Gasteiger partial charge is 0.439 e. The number of nitrogens with one attached hydrogen (secondary N) is 1. The highest BCUT2D eigenvalue weighted by Gasteiger charge is 2.12. The molecule has 1 heterocycles. The van der Waals surface area contributed by atoms with Crippen molar-refractivity contribution in [3.63, 3.8) is 0 Å². The maximum atomic E-state index is 12.9. The number of amides is 1. The summed E-state index contributed by atoms with van der Waals surface area (Å²) < 4.78 is 19.4. The summed E-state index contributed by atoms with van der Waals surface area (Å²) in [4.78, 5) is 16.3. The number of pyridine rings is 1. The van der Waals surface area contributed by atoms with Crippen molar-refractivity contribution in [1.82, 2.24) is 10.3 Å². The van der Waals surface area contributed by atoms with Crippen LogP contribution >= 0.6 is 15.9 Å². The Bertz CT molecular complexity index is 900. The molecule has 3 aromatic rings. The van der Waals surface area contributed by atoms with Crippen molar-refractivity contribution < 1.29 is 19.0 Å². The molecule has 3 rings (SSSR count). The third kappa shape index (κ3) is 5.35. The highest BCUT2D eigenvalue weighted by Crippen LogP contribution is 2.21. The van der Waals surface area contributed by atoms with Crippen LogP contribution in [0.4, 0.5) is 4.39 Å². The van der Waals surface area contributed by atoms with Gasteiger partial charge in [0.2, 0.25) is 5.88 Å². The zero-order valence-corrected chi connectivity index (χ0v) is 15.7. The number of halogens is 2. The molecule has 27 heavy (non-hydrogen) atoms. The van der Waals surface area contributed by atoms with Crippen LogP contribution in [-0.4, -0.2) is 22.5 Å². The number of hydrogen-bond donors (Lipinski definition) is 2. The fourth-order valence-corrected chi connectivity index (χ4v) is 2.56. The van der Waals surface area contributed by atoms with Gasteiger partial charge in [0.05, 0.1) is 11.7 Å². The van der Waals surface area contributed by atoms with Gasteiger partial charge in [0.1, 0.15) is 11.6 Å². The molecule has 1 unspecified atom stereocenters. The Balaban J connectivity index is 1.55. The van der Waals surface area contributed by atoms with Crippen LogP contribution in [0.3, 0.4) is 0 Å². The van der Waals surface area contributed by atoms with Gasteiger partial charge in [-0.15, -0.1) is 0 Å². The second-order valence-corrected chi connectivity index (χ2v) is 6.63. The number of aliphatic hydroxyl groups is 1. The number of benzene rings is 2. The molecule has 0 fully saturated rings. The van der Waals surface area contributed by atoms with E-state index >= 15 is 0 Å². The van der Waals surface area contributed by atoms with E-state index in [0.717, 1.165) is 4.47 Å². The number of carbonyl (C=O) groups excluding carboxylic acids is 1. The van der Waals surface area contributed by atoms with Crippen molar-refractivity contribution in [2.75, 3.05) is 6.54 Å². The van der Waals surface area contributed by atoms with Gasteiger partial charge in [-0.25, -0.2) is 9.37 Å². The van der Waals surface area contributed by atoms with Crippen molar-refractivity contribution in [2.45, 2.75) is 6.10 Å². The quantitative estimate of drug-likeness (QED) is 0.613. The average molecular weight is 431 g/mol. The Hall–Kier alpha value is -2.77. The van der Waals surface area contributed by atoms with Crippen molar-refractivity contribution in [3.8, 4) is 11.6 Å². The van der Waals surface area contributed by atoms with Gasteiger partial charge < -0.3 is 15.2 Å². The highest BCUT2D eigenvalue weighted by molar-refractivity contribution is 9.10. The Morgan fingerprint density at radius 1 is 1.11 bits per heavy atom. The van der Waals surface area contributed by atoms with E-state index in [1.807, 2.05) is 12.1 Å². The van der Waals surface area contributed by atoms with Crippen LogP contribution in [0, 0.1) is 5.82 Å². The topological polar surface area (TPSA) is 71.5 Å². The molecule has 0 aliphatic rings. The zero-order valence-electron chi connectivity index (χ0n) is 14.1. The van der Waals surface area contributed by atoms with Gasteiger partial charge in [0, 0.05) is 23.3 Å². The molecular weight excluding hydrogens is 415 g/mol. The van der Waals surface area contributed by atoms with Crippen molar-refractivity contribution in [2.24, 2.45) is 0 Å². The molecule has 2 N–H and O–H groups in total. The van der Waals surface area contributed by atoms with E-state index in [1.165, 1.54) is 30.5 Å². The first-order valence-corrected chi connectivity index (χ1v) is 8.92. The first-order valence-electron chi connectivity index (χ1n) is 8.12. The van der Waals surface area contributed by atoms with Gasteiger partial charge in [-0.05, 0) is 48.0 Å². The molecule has 0 bridgehead atoms. The second-order valence-electron chi connectivity index (χ2n) is 5.72. The Kier molecular flexibility index (Phi) is 6.16. The Morgan fingerprint density at radius 2 is 1.81 bits per heavy atom. The molecule has 138 valence electrons.